The van der Waals surface area contributed by atoms with E-state index in [1.165, 1.54) is 92.7 Å². The van der Waals surface area contributed by atoms with Crippen molar-refractivity contribution in [1.29, 1.82) is 0 Å². The van der Waals surface area contributed by atoms with Crippen molar-refractivity contribution in [3.05, 3.63) is 160 Å². The van der Waals surface area contributed by atoms with Crippen LogP contribution in [-0.2, 0) is 43.2 Å². The quantitative estimate of drug-likeness (QED) is 0.0242. The number of carboxylic acids is 1. The number of para-hydroxylation sites is 2. The van der Waals surface area contributed by atoms with Crippen LogP contribution in [0.5, 0.6) is 23.0 Å². The number of hydrogen-bond acceptors (Lipinski definition) is 25. The Morgan fingerprint density at radius 2 is 0.901 bits per heavy atom. The van der Waals surface area contributed by atoms with E-state index in [9.17, 15) is 69.2 Å². The molecule has 0 saturated heterocycles. The first-order chi connectivity index (χ1) is 33.7. The first-order valence-electron chi connectivity index (χ1n) is 19.2. The zero-order valence-electron chi connectivity index (χ0n) is 36.5. The molecule has 0 bridgehead atoms. The number of nitrogens with zero attached hydrogens (tertiary/aromatic N) is 4. The highest BCUT2D eigenvalue weighted by atomic mass is 35.5. The summed E-state index contributed by atoms with van der Waals surface area (Å²) in [4.78, 5) is 125. The molecular formula is C40H37ClN4O26. The lowest BCUT2D eigenvalue weighted by Gasteiger charge is -2.14. The number of halogens is 1. The van der Waals surface area contributed by atoms with Crippen LogP contribution in [0.25, 0.3) is 0 Å². The normalized spacial score (nSPS) is 10.7. The predicted molar refractivity (Wildman–Crippen MR) is 228 cm³/mol. The monoisotopic (exact) mass is 1020 g/mol. The van der Waals surface area contributed by atoms with Gasteiger partial charge in [0.2, 0.25) is 6.79 Å². The molecule has 380 valence electrons. The van der Waals surface area contributed by atoms with Crippen molar-refractivity contribution >= 4 is 47.4 Å². The van der Waals surface area contributed by atoms with Crippen LogP contribution in [0.2, 0.25) is 0 Å². The van der Waals surface area contributed by atoms with Crippen molar-refractivity contribution in [2.45, 2.75) is 26.1 Å². The van der Waals surface area contributed by atoms with Gasteiger partial charge in [0.25, 0.3) is 20.3 Å². The van der Waals surface area contributed by atoms with Crippen LogP contribution in [0.15, 0.2) is 97.1 Å². The molecule has 0 spiro atoms. The summed E-state index contributed by atoms with van der Waals surface area (Å²) in [5.74, 6) is -4.06. The second-order valence-electron chi connectivity index (χ2n) is 12.6. The molecule has 0 aromatic heterocycles. The summed E-state index contributed by atoms with van der Waals surface area (Å²) in [5.41, 5.74) is 0.234. The number of carboxylic acid groups (broad SMARTS) is 1. The fourth-order valence-corrected chi connectivity index (χ4v) is 4.79. The fraction of sp³-hybridized carbons (Fsp3) is 0.250. The molecule has 71 heavy (non-hydrogen) atoms. The van der Waals surface area contributed by atoms with E-state index in [0.717, 1.165) is 0 Å². The highest BCUT2D eigenvalue weighted by Crippen LogP contribution is 2.21. The van der Waals surface area contributed by atoms with Crippen LogP contribution < -0.4 is 18.9 Å². The average Bonchev–Trinajstić information content (AvgIpc) is 3.31. The van der Waals surface area contributed by atoms with Crippen LogP contribution in [0.3, 0.4) is 0 Å². The van der Waals surface area contributed by atoms with E-state index in [1.807, 2.05) is 0 Å². The fourth-order valence-electron chi connectivity index (χ4n) is 4.69. The molecule has 0 amide bonds. The molecule has 4 aromatic rings. The standard InChI is InChI=1S/C20H18N2O13.C10H9ClO4.C10H10N2O9/c1-13(23)34-18-5-3-2-4-17(18)20(25)32-12-31-19(24)14-6-8-15(9-7-14)30-10-16(35-22(28)29)11-33-21(26)27;1-7(12)15-9-5-3-2-4-8(9)10(13)14-6-11;13-10(14)7-1-3-8(4-2-7)19-5-9(21-12(17)18)6-20-11(15)16/h2-9,16H,10-12H2,1H3;2-5H,6H2,1H3;1-4,9H,5-6H2,(H,13,14). The Balaban J connectivity index is 0.000000405. The minimum atomic E-state index is -1.37. The lowest BCUT2D eigenvalue weighted by atomic mass is 10.2. The lowest BCUT2D eigenvalue weighted by molar-refractivity contribution is -0.790. The van der Waals surface area contributed by atoms with E-state index < -0.39 is 95.0 Å². The molecule has 0 fully saturated rings. The average molecular weight is 1030 g/mol. The third kappa shape index (κ3) is 23.6. The Morgan fingerprint density at radius 3 is 1.27 bits per heavy atom. The van der Waals surface area contributed by atoms with E-state index >= 15 is 0 Å². The molecule has 4 aromatic carbocycles. The van der Waals surface area contributed by atoms with Gasteiger partial charge >= 0.3 is 35.8 Å². The SMILES string of the molecule is CC(=O)Oc1ccccc1C(=O)OCCl.CC(=O)Oc1ccccc1C(=O)OCOC(=O)c1ccc(OCC(CO[N+](=O)[O-])O[N+](=O)[O-])cc1.O=C(O)c1ccc(OCC(CO[N+](=O)[O-])O[N+](=O)[O-])cc1. The van der Waals surface area contributed by atoms with Crippen LogP contribution >= 0.6 is 11.6 Å². The van der Waals surface area contributed by atoms with E-state index in [4.69, 9.17) is 45.1 Å². The highest BCUT2D eigenvalue weighted by molar-refractivity contribution is 6.17. The zero-order valence-corrected chi connectivity index (χ0v) is 37.2. The van der Waals surface area contributed by atoms with Crippen molar-refractivity contribution in [2.75, 3.05) is 39.3 Å². The van der Waals surface area contributed by atoms with Gasteiger partial charge in [0, 0.05) is 13.8 Å². The van der Waals surface area contributed by atoms with Gasteiger partial charge in [0.15, 0.2) is 18.3 Å². The van der Waals surface area contributed by atoms with Gasteiger partial charge in [-0.25, -0.2) is 19.2 Å². The van der Waals surface area contributed by atoms with E-state index in [0.29, 0.717) is 0 Å². The number of benzene rings is 4. The van der Waals surface area contributed by atoms with Crippen LogP contribution in [0.4, 0.5) is 0 Å². The number of hydrogen-bond donors (Lipinski definition) is 1. The number of alkyl halides is 1. The van der Waals surface area contributed by atoms with Gasteiger partial charge in [-0.3, -0.25) is 9.59 Å². The maximum Gasteiger partial charge on any atom is 0.344 e. The third-order valence-corrected chi connectivity index (χ3v) is 7.66. The summed E-state index contributed by atoms with van der Waals surface area (Å²) >= 11 is 5.25. The van der Waals surface area contributed by atoms with Crippen molar-refractivity contribution in [3.63, 3.8) is 0 Å². The molecule has 0 aliphatic rings. The van der Waals surface area contributed by atoms with Gasteiger partial charge in [-0.05, 0) is 72.8 Å². The topological polar surface area (TPSA) is 397 Å². The van der Waals surface area contributed by atoms with E-state index in [1.54, 1.807) is 18.2 Å². The molecule has 2 atom stereocenters. The first-order valence-corrected chi connectivity index (χ1v) is 19.7. The summed E-state index contributed by atoms with van der Waals surface area (Å²) in [5, 5.41) is 45.1. The molecule has 31 heteroatoms. The number of esters is 5. The summed E-state index contributed by atoms with van der Waals surface area (Å²) < 4.78 is 34.4. The summed E-state index contributed by atoms with van der Waals surface area (Å²) in [7, 11) is 0. The largest absolute Gasteiger partial charge is 0.491 e. The van der Waals surface area contributed by atoms with Crippen LogP contribution in [-0.4, -0.2) is 113 Å². The first kappa shape index (κ1) is 57.5. The molecule has 1 N–H and O–H groups in total. The summed E-state index contributed by atoms with van der Waals surface area (Å²) in [6.45, 7) is -0.553. The number of ether oxygens (including phenoxy) is 7. The Morgan fingerprint density at radius 1 is 0.521 bits per heavy atom. The number of rotatable bonds is 25. The zero-order chi connectivity index (χ0) is 52.9. The smallest absolute Gasteiger partial charge is 0.344 e. The second-order valence-corrected chi connectivity index (χ2v) is 12.8. The Hall–Kier alpha value is -9.61. The van der Waals surface area contributed by atoms with Crippen molar-refractivity contribution < 1.29 is 107 Å². The Kier molecular flexibility index (Phi) is 24.8. The van der Waals surface area contributed by atoms with Gasteiger partial charge in [0.1, 0.15) is 60.6 Å². The number of carbonyl (C=O) groups is 6. The van der Waals surface area contributed by atoms with Gasteiger partial charge < -0.3 is 57.6 Å². The summed E-state index contributed by atoms with van der Waals surface area (Å²) in [6.07, 6.45) is -2.68. The minimum Gasteiger partial charge on any atom is -0.491 e. The minimum absolute atomic E-state index is 0.0114. The number of carbonyl (C=O) groups excluding carboxylic acids is 5. The lowest BCUT2D eigenvalue weighted by Crippen LogP contribution is -2.30. The molecule has 2 unspecified atom stereocenters. The van der Waals surface area contributed by atoms with Gasteiger partial charge in [-0.1, -0.05) is 35.9 Å². The van der Waals surface area contributed by atoms with E-state index in [2.05, 4.69) is 24.1 Å². The predicted octanol–water partition coefficient (Wildman–Crippen LogP) is 4.26. The molecule has 0 saturated carbocycles. The van der Waals surface area contributed by atoms with Crippen LogP contribution in [0.1, 0.15) is 55.3 Å². The summed E-state index contributed by atoms with van der Waals surface area (Å²) in [6, 6.07) is 22.4. The molecule has 30 nitrogen and oxygen atoms in total. The highest BCUT2D eigenvalue weighted by Gasteiger charge is 2.20. The maximum atomic E-state index is 12.2. The van der Waals surface area contributed by atoms with E-state index in [-0.39, 0.29) is 57.9 Å². The van der Waals surface area contributed by atoms with Crippen molar-refractivity contribution in [2.24, 2.45) is 0 Å². The Labute approximate surface area is 401 Å². The van der Waals surface area contributed by atoms with Crippen molar-refractivity contribution in [3.8, 4) is 23.0 Å². The number of aromatic carboxylic acids is 1. The molecule has 0 heterocycles. The maximum absolute atomic E-state index is 12.2. The molecule has 4 rings (SSSR count). The molecule has 0 aliphatic heterocycles. The Bertz CT molecular complexity index is 2470. The van der Waals surface area contributed by atoms with Gasteiger partial charge in [-0.2, -0.15) is 0 Å². The van der Waals surface area contributed by atoms with Gasteiger partial charge in [0.05, 0.1) is 11.1 Å². The second kappa shape index (κ2) is 30.6. The molecule has 0 aliphatic carbocycles. The molecular weight excluding hydrogens is 988 g/mol. The van der Waals surface area contributed by atoms with Gasteiger partial charge in [-0.15, -0.1) is 40.5 Å². The third-order valence-electron chi connectivity index (χ3n) is 7.55. The molecule has 0 radical (unpaired) electrons. The van der Waals surface area contributed by atoms with Crippen LogP contribution in [0, 0.1) is 40.5 Å². The van der Waals surface area contributed by atoms with Crippen molar-refractivity contribution in [1.82, 2.24) is 0 Å².